The highest BCUT2D eigenvalue weighted by Crippen LogP contribution is 2.30. The van der Waals surface area contributed by atoms with Crippen molar-refractivity contribution in [1.82, 2.24) is 10.2 Å². The number of aliphatic carboxylic acids is 1. The van der Waals surface area contributed by atoms with Crippen LogP contribution >= 0.6 is 0 Å². The molecule has 0 bridgehead atoms. The van der Waals surface area contributed by atoms with Gasteiger partial charge in [0.2, 0.25) is 11.8 Å². The summed E-state index contributed by atoms with van der Waals surface area (Å²) in [5, 5.41) is 22.3. The van der Waals surface area contributed by atoms with E-state index in [9.17, 15) is 19.5 Å². The lowest BCUT2D eigenvalue weighted by atomic mass is 9.83. The summed E-state index contributed by atoms with van der Waals surface area (Å²) in [5.41, 5.74) is -1.70. The molecule has 158 valence electrons. The van der Waals surface area contributed by atoms with Gasteiger partial charge in [-0.25, -0.2) is 4.79 Å². The van der Waals surface area contributed by atoms with Gasteiger partial charge in [-0.3, -0.25) is 9.59 Å². The maximum Gasteiger partial charge on any atom is 0.335 e. The van der Waals surface area contributed by atoms with Gasteiger partial charge in [-0.15, -0.1) is 0 Å². The van der Waals surface area contributed by atoms with Gasteiger partial charge in [0.05, 0.1) is 0 Å². The lowest BCUT2D eigenvalue weighted by Gasteiger charge is -2.38. The molecule has 28 heavy (non-hydrogen) atoms. The van der Waals surface area contributed by atoms with Crippen molar-refractivity contribution in [3.63, 3.8) is 0 Å². The fraction of sp³-hybridized carbons (Fsp3) is 0.857. The van der Waals surface area contributed by atoms with Crippen LogP contribution in [0, 0.1) is 11.8 Å². The molecular formula is C21H34N2O5. The Morgan fingerprint density at radius 1 is 0.929 bits per heavy atom. The van der Waals surface area contributed by atoms with E-state index in [1.54, 1.807) is 4.90 Å². The quantitative estimate of drug-likeness (QED) is 0.662. The van der Waals surface area contributed by atoms with Crippen molar-refractivity contribution in [2.24, 2.45) is 11.8 Å². The molecule has 3 rings (SSSR count). The molecule has 0 radical (unpaired) electrons. The lowest BCUT2D eigenvalue weighted by Crippen LogP contribution is -2.52. The number of likely N-dealkylation sites (tertiary alicyclic amines) is 1. The summed E-state index contributed by atoms with van der Waals surface area (Å²) in [6.45, 7) is 0.583. The number of rotatable bonds is 5. The molecule has 0 spiro atoms. The Hall–Kier alpha value is -1.63. The molecule has 3 N–H and O–H groups in total. The first-order chi connectivity index (χ1) is 13.4. The van der Waals surface area contributed by atoms with Crippen molar-refractivity contribution in [2.75, 3.05) is 13.1 Å². The smallest absolute Gasteiger partial charge is 0.335 e. The molecule has 0 aromatic rings. The van der Waals surface area contributed by atoms with Gasteiger partial charge >= 0.3 is 5.97 Å². The molecule has 7 heteroatoms. The zero-order valence-corrected chi connectivity index (χ0v) is 16.7. The SMILES string of the molecule is O=C(CC1CCCCC1)NC1CCC(C(=O)N2CCC(O)(C(=O)O)CC2)CC1. The normalized spacial score (nSPS) is 28.5. The molecule has 1 aliphatic heterocycles. The molecular weight excluding hydrogens is 360 g/mol. The maximum absolute atomic E-state index is 12.7. The molecule has 3 aliphatic rings. The Bertz CT molecular complexity index is 571. The summed E-state index contributed by atoms with van der Waals surface area (Å²) >= 11 is 0. The fourth-order valence-electron chi connectivity index (χ4n) is 4.99. The number of nitrogens with one attached hydrogen (secondary N) is 1. The topological polar surface area (TPSA) is 107 Å². The van der Waals surface area contributed by atoms with Crippen LogP contribution in [0.4, 0.5) is 0 Å². The Kier molecular flexibility index (Phi) is 6.96. The maximum atomic E-state index is 12.7. The first kappa shape index (κ1) is 21.1. The van der Waals surface area contributed by atoms with E-state index in [2.05, 4.69) is 5.32 Å². The zero-order valence-electron chi connectivity index (χ0n) is 16.7. The Morgan fingerprint density at radius 3 is 2.11 bits per heavy atom. The number of carbonyl (C=O) groups is 3. The summed E-state index contributed by atoms with van der Waals surface area (Å²) in [4.78, 5) is 37.9. The highest BCUT2D eigenvalue weighted by atomic mass is 16.4. The lowest BCUT2D eigenvalue weighted by molar-refractivity contribution is -0.166. The molecule has 0 atom stereocenters. The Balaban J connectivity index is 1.38. The van der Waals surface area contributed by atoms with Crippen molar-refractivity contribution in [2.45, 2.75) is 88.7 Å². The minimum Gasteiger partial charge on any atom is -0.479 e. The summed E-state index contributed by atoms with van der Waals surface area (Å²) in [7, 11) is 0. The number of carboxylic acid groups (broad SMARTS) is 1. The number of amides is 2. The summed E-state index contributed by atoms with van der Waals surface area (Å²) in [6.07, 6.45) is 10.1. The van der Waals surface area contributed by atoms with Gasteiger partial charge in [0, 0.05) is 44.3 Å². The number of aliphatic hydroxyl groups is 1. The van der Waals surface area contributed by atoms with E-state index in [1.807, 2.05) is 0 Å². The Morgan fingerprint density at radius 2 is 1.54 bits per heavy atom. The van der Waals surface area contributed by atoms with E-state index < -0.39 is 11.6 Å². The molecule has 2 amide bonds. The molecule has 2 aliphatic carbocycles. The second kappa shape index (κ2) is 9.25. The van der Waals surface area contributed by atoms with Gasteiger partial charge < -0.3 is 20.4 Å². The minimum absolute atomic E-state index is 0.0532. The van der Waals surface area contributed by atoms with E-state index in [0.29, 0.717) is 25.4 Å². The molecule has 0 aromatic heterocycles. The summed E-state index contributed by atoms with van der Waals surface area (Å²) < 4.78 is 0. The van der Waals surface area contributed by atoms with Gasteiger partial charge in [-0.2, -0.15) is 0 Å². The number of hydrogen-bond donors (Lipinski definition) is 3. The highest BCUT2D eigenvalue weighted by molar-refractivity contribution is 5.81. The molecule has 0 unspecified atom stereocenters. The molecule has 1 heterocycles. The first-order valence-electron chi connectivity index (χ1n) is 10.9. The fourth-order valence-corrected chi connectivity index (χ4v) is 4.99. The second-order valence-electron chi connectivity index (χ2n) is 8.99. The van der Waals surface area contributed by atoms with Crippen molar-refractivity contribution < 1.29 is 24.6 Å². The van der Waals surface area contributed by atoms with Crippen LogP contribution in [0.1, 0.15) is 77.0 Å². The van der Waals surface area contributed by atoms with Crippen molar-refractivity contribution >= 4 is 17.8 Å². The van der Waals surface area contributed by atoms with Gasteiger partial charge in [-0.05, 0) is 44.4 Å². The van der Waals surface area contributed by atoms with Crippen LogP contribution in [0.25, 0.3) is 0 Å². The van der Waals surface area contributed by atoms with Gasteiger partial charge in [-0.1, -0.05) is 19.3 Å². The van der Waals surface area contributed by atoms with Crippen LogP contribution in [0.3, 0.4) is 0 Å². The van der Waals surface area contributed by atoms with Crippen LogP contribution in [-0.4, -0.2) is 57.6 Å². The third kappa shape index (κ3) is 5.25. The van der Waals surface area contributed by atoms with Crippen molar-refractivity contribution in [3.8, 4) is 0 Å². The summed E-state index contributed by atoms with van der Waals surface area (Å²) in [5.74, 6) is -0.494. The zero-order chi connectivity index (χ0) is 20.1. The van der Waals surface area contributed by atoms with E-state index in [0.717, 1.165) is 25.7 Å². The second-order valence-corrected chi connectivity index (χ2v) is 8.99. The highest BCUT2D eigenvalue weighted by Gasteiger charge is 2.41. The number of hydrogen-bond acceptors (Lipinski definition) is 4. The summed E-state index contributed by atoms with van der Waals surface area (Å²) in [6, 6.07) is 0.165. The predicted molar refractivity (Wildman–Crippen MR) is 103 cm³/mol. The van der Waals surface area contributed by atoms with Crippen molar-refractivity contribution in [1.29, 1.82) is 0 Å². The monoisotopic (exact) mass is 394 g/mol. The molecule has 7 nitrogen and oxygen atoms in total. The standard InChI is InChI=1S/C21H34N2O5/c24-18(14-15-4-2-1-3-5-15)22-17-8-6-16(7-9-17)19(25)23-12-10-21(28,11-13-23)20(26)27/h15-17,28H,1-14H2,(H,22,24)(H,26,27). The third-order valence-corrected chi connectivity index (χ3v) is 6.94. The van der Waals surface area contributed by atoms with E-state index in [-0.39, 0.29) is 36.6 Å². The van der Waals surface area contributed by atoms with Crippen LogP contribution < -0.4 is 5.32 Å². The van der Waals surface area contributed by atoms with Crippen LogP contribution in [0.2, 0.25) is 0 Å². The van der Waals surface area contributed by atoms with E-state index in [1.165, 1.54) is 32.1 Å². The number of carboxylic acids is 1. The average Bonchev–Trinajstić information content (AvgIpc) is 2.69. The molecule has 1 saturated heterocycles. The molecule has 2 saturated carbocycles. The van der Waals surface area contributed by atoms with Crippen LogP contribution in [-0.2, 0) is 14.4 Å². The Labute approximate surface area is 166 Å². The third-order valence-electron chi connectivity index (χ3n) is 6.94. The van der Waals surface area contributed by atoms with Gasteiger partial charge in [0.15, 0.2) is 5.60 Å². The molecule has 3 fully saturated rings. The van der Waals surface area contributed by atoms with E-state index >= 15 is 0 Å². The first-order valence-corrected chi connectivity index (χ1v) is 10.9. The van der Waals surface area contributed by atoms with Crippen molar-refractivity contribution in [3.05, 3.63) is 0 Å². The van der Waals surface area contributed by atoms with E-state index in [4.69, 9.17) is 5.11 Å². The van der Waals surface area contributed by atoms with Gasteiger partial charge in [0.25, 0.3) is 0 Å². The minimum atomic E-state index is -1.70. The average molecular weight is 395 g/mol. The predicted octanol–water partition coefficient (Wildman–Crippen LogP) is 2.07. The molecule has 0 aromatic carbocycles. The largest absolute Gasteiger partial charge is 0.479 e. The number of piperidine rings is 1. The van der Waals surface area contributed by atoms with Crippen LogP contribution in [0.15, 0.2) is 0 Å². The number of carbonyl (C=O) groups excluding carboxylic acids is 2. The number of nitrogens with zero attached hydrogens (tertiary/aromatic N) is 1. The van der Waals surface area contributed by atoms with Crippen LogP contribution in [0.5, 0.6) is 0 Å². The van der Waals surface area contributed by atoms with Gasteiger partial charge in [0.1, 0.15) is 0 Å².